The summed E-state index contributed by atoms with van der Waals surface area (Å²) in [5.74, 6) is -2.87. The lowest BCUT2D eigenvalue weighted by Crippen LogP contribution is -2.67. The van der Waals surface area contributed by atoms with Crippen LogP contribution in [-0.2, 0) is 38.6 Å². The molecule has 1 aromatic heterocycles. The van der Waals surface area contributed by atoms with Gasteiger partial charge in [0.1, 0.15) is 30.0 Å². The number of hydrogen-bond donors (Lipinski definition) is 5. The SMILES string of the molecule is CCC(C)C(NC(=O)OCc1ccc(F)cc1)C(=O)N[C@]1(C(=O)N[C@H](C(N)=O)[C@@H](C)CC)CCc2[nH]c3c(Cl)cc(Cl)cc3c2C1. The van der Waals surface area contributed by atoms with E-state index in [4.69, 9.17) is 33.7 Å². The Bertz CT molecular complexity index is 1610. The van der Waals surface area contributed by atoms with Gasteiger partial charge in [-0.1, -0.05) is 75.9 Å². The molecule has 0 bridgehead atoms. The normalized spacial score (nSPS) is 18.5. The third kappa shape index (κ3) is 7.75. The summed E-state index contributed by atoms with van der Waals surface area (Å²) in [6.45, 7) is 7.23. The number of H-pyrrole nitrogens is 1. The molecular formula is C33H40Cl2FN5O5. The van der Waals surface area contributed by atoms with Crippen LogP contribution in [0.5, 0.6) is 0 Å². The first-order valence-electron chi connectivity index (χ1n) is 15.4. The molecule has 0 saturated carbocycles. The number of carbonyl (C=O) groups is 4. The maximum absolute atomic E-state index is 14.2. The zero-order valence-corrected chi connectivity index (χ0v) is 27.8. The highest BCUT2D eigenvalue weighted by Crippen LogP contribution is 2.38. The summed E-state index contributed by atoms with van der Waals surface area (Å²) in [6.07, 6.45) is 0.876. The molecule has 2 unspecified atom stereocenters. The molecule has 0 fully saturated rings. The highest BCUT2D eigenvalue weighted by atomic mass is 35.5. The molecule has 3 aromatic rings. The van der Waals surface area contributed by atoms with Gasteiger partial charge < -0.3 is 31.4 Å². The van der Waals surface area contributed by atoms with Gasteiger partial charge in [0, 0.05) is 22.5 Å². The molecule has 0 spiro atoms. The second-order valence-corrected chi connectivity index (χ2v) is 12.9. The number of benzene rings is 2. The monoisotopic (exact) mass is 675 g/mol. The van der Waals surface area contributed by atoms with Gasteiger partial charge in [-0.3, -0.25) is 14.4 Å². The minimum absolute atomic E-state index is 0.0603. The average Bonchev–Trinajstić information content (AvgIpc) is 3.38. The van der Waals surface area contributed by atoms with E-state index in [2.05, 4.69) is 20.9 Å². The van der Waals surface area contributed by atoms with Crippen molar-refractivity contribution >= 4 is 57.9 Å². The van der Waals surface area contributed by atoms with Crippen molar-refractivity contribution in [3.05, 3.63) is 69.1 Å². The largest absolute Gasteiger partial charge is 0.445 e. The van der Waals surface area contributed by atoms with Crippen molar-refractivity contribution in [2.45, 2.75) is 84.0 Å². The van der Waals surface area contributed by atoms with Crippen molar-refractivity contribution in [3.63, 3.8) is 0 Å². The minimum atomic E-state index is -1.51. The summed E-state index contributed by atoms with van der Waals surface area (Å²) in [7, 11) is 0. The van der Waals surface area contributed by atoms with Crippen molar-refractivity contribution in [1.82, 2.24) is 20.9 Å². The molecule has 248 valence electrons. The molecule has 1 heterocycles. The number of primary amides is 1. The lowest BCUT2D eigenvalue weighted by atomic mass is 9.78. The molecule has 0 radical (unpaired) electrons. The van der Waals surface area contributed by atoms with Gasteiger partial charge in [-0.15, -0.1) is 0 Å². The van der Waals surface area contributed by atoms with Gasteiger partial charge in [-0.2, -0.15) is 0 Å². The summed E-state index contributed by atoms with van der Waals surface area (Å²) in [6, 6.07) is 6.83. The number of nitrogens with two attached hydrogens (primary N) is 1. The fraction of sp³-hybridized carbons (Fsp3) is 0.455. The predicted octanol–water partition coefficient (Wildman–Crippen LogP) is 5.31. The third-order valence-electron chi connectivity index (χ3n) is 8.96. The molecule has 2 aromatic carbocycles. The van der Waals surface area contributed by atoms with Crippen LogP contribution in [0.1, 0.15) is 63.8 Å². The number of aryl methyl sites for hydroxylation is 1. The highest BCUT2D eigenvalue weighted by Gasteiger charge is 2.46. The molecule has 0 aliphatic heterocycles. The van der Waals surface area contributed by atoms with E-state index in [1.54, 1.807) is 19.1 Å². The number of hydrogen-bond acceptors (Lipinski definition) is 5. The van der Waals surface area contributed by atoms with E-state index < -0.39 is 47.3 Å². The van der Waals surface area contributed by atoms with E-state index in [0.717, 1.165) is 11.3 Å². The predicted molar refractivity (Wildman–Crippen MR) is 175 cm³/mol. The Labute approximate surface area is 277 Å². The number of amides is 4. The van der Waals surface area contributed by atoms with Crippen LogP contribution in [0, 0.1) is 17.7 Å². The first kappa shape index (κ1) is 35.0. The molecule has 10 nitrogen and oxygen atoms in total. The van der Waals surface area contributed by atoms with E-state index >= 15 is 0 Å². The van der Waals surface area contributed by atoms with Gasteiger partial charge in [0.2, 0.25) is 17.7 Å². The van der Waals surface area contributed by atoms with Gasteiger partial charge in [0.15, 0.2) is 0 Å². The van der Waals surface area contributed by atoms with Gasteiger partial charge in [0.05, 0.1) is 10.5 Å². The molecule has 4 amide bonds. The van der Waals surface area contributed by atoms with E-state index in [-0.39, 0.29) is 31.3 Å². The number of halogens is 3. The van der Waals surface area contributed by atoms with Crippen LogP contribution in [0.3, 0.4) is 0 Å². The van der Waals surface area contributed by atoms with Crippen molar-refractivity contribution < 1.29 is 28.3 Å². The van der Waals surface area contributed by atoms with Gasteiger partial charge >= 0.3 is 6.09 Å². The number of rotatable bonds is 12. The van der Waals surface area contributed by atoms with Crippen molar-refractivity contribution in [3.8, 4) is 0 Å². The van der Waals surface area contributed by atoms with Crippen molar-refractivity contribution in [2.75, 3.05) is 0 Å². The Kier molecular flexibility index (Phi) is 11.2. The lowest BCUT2D eigenvalue weighted by molar-refractivity contribution is -0.137. The molecule has 1 aliphatic rings. The Hall–Kier alpha value is -3.83. The fourth-order valence-corrected chi connectivity index (χ4v) is 6.29. The number of alkyl carbamates (subject to hydrolysis) is 1. The Morgan fingerprint density at radius 2 is 1.67 bits per heavy atom. The van der Waals surface area contributed by atoms with E-state index in [0.29, 0.717) is 45.8 Å². The maximum atomic E-state index is 14.2. The van der Waals surface area contributed by atoms with Crippen LogP contribution in [-0.4, -0.2) is 46.4 Å². The number of aromatic nitrogens is 1. The molecule has 13 heteroatoms. The van der Waals surface area contributed by atoms with E-state index in [1.165, 1.54) is 24.3 Å². The molecule has 1 aliphatic carbocycles. The first-order valence-corrected chi connectivity index (χ1v) is 16.1. The Morgan fingerprint density at radius 3 is 2.30 bits per heavy atom. The summed E-state index contributed by atoms with van der Waals surface area (Å²) in [5, 5.41) is 9.97. The smallest absolute Gasteiger partial charge is 0.408 e. The minimum Gasteiger partial charge on any atom is -0.445 e. The van der Waals surface area contributed by atoms with Gasteiger partial charge in [-0.25, -0.2) is 9.18 Å². The highest BCUT2D eigenvalue weighted by molar-refractivity contribution is 6.38. The van der Waals surface area contributed by atoms with Crippen molar-refractivity contribution in [2.24, 2.45) is 17.6 Å². The number of carbonyl (C=O) groups excluding carboxylic acids is 4. The molecule has 6 N–H and O–H groups in total. The van der Waals surface area contributed by atoms with E-state index in [1.807, 2.05) is 20.8 Å². The fourth-order valence-electron chi connectivity index (χ4n) is 5.75. The first-order chi connectivity index (χ1) is 21.8. The van der Waals surface area contributed by atoms with Crippen LogP contribution in [0.15, 0.2) is 36.4 Å². The Morgan fingerprint density at radius 1 is 1.02 bits per heavy atom. The second-order valence-electron chi connectivity index (χ2n) is 12.1. The quantitative estimate of drug-likeness (QED) is 0.176. The Balaban J connectivity index is 1.65. The zero-order valence-electron chi connectivity index (χ0n) is 26.3. The topological polar surface area (TPSA) is 155 Å². The van der Waals surface area contributed by atoms with Crippen LogP contribution in [0.2, 0.25) is 10.0 Å². The van der Waals surface area contributed by atoms with Crippen LogP contribution in [0.25, 0.3) is 10.9 Å². The van der Waals surface area contributed by atoms with Crippen LogP contribution >= 0.6 is 23.2 Å². The molecule has 5 atom stereocenters. The summed E-state index contributed by atoms with van der Waals surface area (Å²) in [4.78, 5) is 56.9. The molecule has 46 heavy (non-hydrogen) atoms. The number of nitrogens with one attached hydrogen (secondary N) is 4. The van der Waals surface area contributed by atoms with Gasteiger partial charge in [-0.05, 0) is 60.1 Å². The lowest BCUT2D eigenvalue weighted by Gasteiger charge is -2.39. The summed E-state index contributed by atoms with van der Waals surface area (Å²) in [5.41, 5.74) is 7.01. The maximum Gasteiger partial charge on any atom is 0.408 e. The summed E-state index contributed by atoms with van der Waals surface area (Å²) < 4.78 is 18.6. The molecule has 4 rings (SSSR count). The van der Waals surface area contributed by atoms with E-state index in [9.17, 15) is 23.6 Å². The number of aromatic amines is 1. The number of fused-ring (bicyclic) bond motifs is 3. The van der Waals surface area contributed by atoms with Crippen molar-refractivity contribution in [1.29, 1.82) is 0 Å². The zero-order chi connectivity index (χ0) is 33.8. The average molecular weight is 677 g/mol. The third-order valence-corrected chi connectivity index (χ3v) is 9.47. The standard InChI is InChI=1S/C33H40Cl2FN5O5/c1-5-17(3)26(29(37)42)39-31(44)33(12-11-25-23(15-33)22-13-20(34)14-24(35)28(22)38-25)41-30(43)27(18(4)6-2)40-32(45)46-16-19-7-9-21(36)10-8-19/h7-10,13-14,17-18,26-27,38H,5-6,11-12,15-16H2,1-4H3,(H2,37,42)(H,39,44)(H,40,45)(H,41,43)/t17-,18?,26-,27?,33+/m0/s1. The van der Waals surface area contributed by atoms with Crippen LogP contribution in [0.4, 0.5) is 9.18 Å². The molecular weight excluding hydrogens is 636 g/mol. The van der Waals surface area contributed by atoms with Gasteiger partial charge in [0.25, 0.3) is 0 Å². The number of ether oxygens (including phenoxy) is 1. The summed E-state index contributed by atoms with van der Waals surface area (Å²) >= 11 is 12.8. The molecule has 0 saturated heterocycles. The van der Waals surface area contributed by atoms with Crippen LogP contribution < -0.4 is 21.7 Å². The second kappa shape index (κ2) is 14.7.